The van der Waals surface area contributed by atoms with Crippen molar-refractivity contribution in [1.82, 2.24) is 4.98 Å². The van der Waals surface area contributed by atoms with E-state index in [1.807, 2.05) is 72.1 Å². The number of benzene rings is 3. The molecule has 6 heteroatoms. The molecule has 29 heavy (non-hydrogen) atoms. The monoisotopic (exact) mass is 404 g/mol. The number of thiazole rings is 1. The summed E-state index contributed by atoms with van der Waals surface area (Å²) in [7, 11) is 3.35. The van der Waals surface area contributed by atoms with Gasteiger partial charge in [-0.15, -0.1) is 11.3 Å². The fraction of sp³-hybridized carbons (Fsp3) is 0.130. The van der Waals surface area contributed by atoms with E-state index in [4.69, 9.17) is 9.47 Å². The molecule has 0 aliphatic rings. The molecule has 1 heterocycles. The smallest absolute Gasteiger partial charge is 0.266 e. The number of methoxy groups -OCH3 is 1. The third-order valence-corrected chi connectivity index (χ3v) is 5.56. The highest BCUT2D eigenvalue weighted by molar-refractivity contribution is 7.14. The lowest BCUT2D eigenvalue weighted by Gasteiger charge is -2.15. The van der Waals surface area contributed by atoms with E-state index in [9.17, 15) is 4.79 Å². The van der Waals surface area contributed by atoms with Gasteiger partial charge in [0.25, 0.3) is 5.91 Å². The summed E-state index contributed by atoms with van der Waals surface area (Å²) < 4.78 is 11.0. The fourth-order valence-electron chi connectivity index (χ4n) is 2.98. The Kier molecular flexibility index (Phi) is 5.44. The lowest BCUT2D eigenvalue weighted by atomic mass is 10.1. The maximum atomic E-state index is 12.6. The van der Waals surface area contributed by atoms with Crippen molar-refractivity contribution in [2.45, 2.75) is 0 Å². The number of carbonyl (C=O) groups is 1. The first-order chi connectivity index (χ1) is 14.2. The van der Waals surface area contributed by atoms with Crippen LogP contribution in [0.1, 0.15) is 0 Å². The van der Waals surface area contributed by atoms with E-state index >= 15 is 0 Å². The van der Waals surface area contributed by atoms with E-state index in [1.54, 1.807) is 14.2 Å². The predicted molar refractivity (Wildman–Crippen MR) is 117 cm³/mol. The first-order valence-electron chi connectivity index (χ1n) is 9.13. The van der Waals surface area contributed by atoms with Gasteiger partial charge < -0.3 is 9.47 Å². The first kappa shape index (κ1) is 19.0. The predicted octanol–water partition coefficient (Wildman–Crippen LogP) is 5.01. The number of fused-ring (bicyclic) bond motifs is 1. The maximum Gasteiger partial charge on any atom is 0.266 e. The average molecular weight is 404 g/mol. The van der Waals surface area contributed by atoms with Gasteiger partial charge >= 0.3 is 0 Å². The number of nitrogens with zero attached hydrogens (tertiary/aromatic N) is 2. The van der Waals surface area contributed by atoms with Crippen LogP contribution in [-0.4, -0.2) is 31.7 Å². The maximum absolute atomic E-state index is 12.6. The van der Waals surface area contributed by atoms with E-state index in [1.165, 1.54) is 16.2 Å². The molecule has 0 fully saturated rings. The van der Waals surface area contributed by atoms with Crippen molar-refractivity contribution < 1.29 is 14.3 Å². The molecule has 0 atom stereocenters. The van der Waals surface area contributed by atoms with Gasteiger partial charge in [-0.3, -0.25) is 9.69 Å². The van der Waals surface area contributed by atoms with Gasteiger partial charge in [0.1, 0.15) is 11.5 Å². The molecule has 0 radical (unpaired) electrons. The minimum absolute atomic E-state index is 0.0536. The summed E-state index contributed by atoms with van der Waals surface area (Å²) in [4.78, 5) is 18.8. The second-order valence-corrected chi connectivity index (χ2v) is 7.30. The van der Waals surface area contributed by atoms with Crippen molar-refractivity contribution >= 4 is 33.1 Å². The van der Waals surface area contributed by atoms with Crippen molar-refractivity contribution in [2.24, 2.45) is 0 Å². The molecule has 0 saturated heterocycles. The van der Waals surface area contributed by atoms with Gasteiger partial charge in [-0.1, -0.05) is 36.4 Å². The number of hydrogen-bond donors (Lipinski definition) is 0. The summed E-state index contributed by atoms with van der Waals surface area (Å²) in [5.74, 6) is 1.33. The van der Waals surface area contributed by atoms with E-state index in [2.05, 4.69) is 4.98 Å². The normalized spacial score (nSPS) is 10.7. The van der Waals surface area contributed by atoms with Crippen LogP contribution in [-0.2, 0) is 4.79 Å². The molecule has 5 nitrogen and oxygen atoms in total. The van der Waals surface area contributed by atoms with Crippen molar-refractivity contribution in [3.63, 3.8) is 0 Å². The molecule has 0 aliphatic heterocycles. The number of anilines is 1. The molecule has 0 spiro atoms. The molecule has 0 unspecified atom stereocenters. The van der Waals surface area contributed by atoms with Crippen LogP contribution in [0.4, 0.5) is 5.13 Å². The van der Waals surface area contributed by atoms with Crippen LogP contribution in [0.5, 0.6) is 11.5 Å². The Labute approximate surface area is 173 Å². The van der Waals surface area contributed by atoms with Gasteiger partial charge in [0.05, 0.1) is 12.8 Å². The number of amides is 1. The van der Waals surface area contributed by atoms with Crippen LogP contribution in [0.15, 0.2) is 72.1 Å². The Morgan fingerprint density at radius 2 is 1.79 bits per heavy atom. The third-order valence-electron chi connectivity index (χ3n) is 4.64. The van der Waals surface area contributed by atoms with E-state index < -0.39 is 0 Å². The molecule has 3 aromatic carbocycles. The van der Waals surface area contributed by atoms with Crippen molar-refractivity contribution in [1.29, 1.82) is 0 Å². The Hall–Kier alpha value is -3.38. The molecule has 0 N–H and O–H groups in total. The lowest BCUT2D eigenvalue weighted by Crippen LogP contribution is -2.31. The van der Waals surface area contributed by atoms with Crippen molar-refractivity contribution in [2.75, 3.05) is 25.7 Å². The van der Waals surface area contributed by atoms with Gasteiger partial charge in [-0.25, -0.2) is 4.98 Å². The van der Waals surface area contributed by atoms with Crippen molar-refractivity contribution in [3.05, 3.63) is 72.1 Å². The summed E-state index contributed by atoms with van der Waals surface area (Å²) in [5, 5.41) is 4.63. The Morgan fingerprint density at radius 1 is 1.03 bits per heavy atom. The minimum Gasteiger partial charge on any atom is -0.497 e. The molecule has 146 valence electrons. The molecule has 0 saturated carbocycles. The number of hydrogen-bond acceptors (Lipinski definition) is 5. The van der Waals surface area contributed by atoms with Crippen molar-refractivity contribution in [3.8, 4) is 22.8 Å². The Morgan fingerprint density at radius 3 is 2.59 bits per heavy atom. The summed E-state index contributed by atoms with van der Waals surface area (Å²) >= 11 is 1.42. The standard InChI is InChI=1S/C23H20N2O3S/c1-25(23-24-20(15-29-23)17-10-12-18(27-2)13-11-17)22(26)14-28-21-9-5-7-16-6-3-4-8-19(16)21/h3-13,15H,14H2,1-2H3. The summed E-state index contributed by atoms with van der Waals surface area (Å²) in [6, 6.07) is 21.4. The van der Waals surface area contributed by atoms with Gasteiger partial charge in [0, 0.05) is 23.4 Å². The summed E-state index contributed by atoms with van der Waals surface area (Å²) in [6.07, 6.45) is 0. The lowest BCUT2D eigenvalue weighted by molar-refractivity contribution is -0.120. The molecule has 0 bridgehead atoms. The minimum atomic E-state index is -0.159. The van der Waals surface area contributed by atoms with Crippen LogP contribution in [0.2, 0.25) is 0 Å². The molecule has 1 aromatic heterocycles. The molecule has 4 rings (SSSR count). The first-order valence-corrected chi connectivity index (χ1v) is 10.0. The van der Waals surface area contributed by atoms with E-state index in [0.29, 0.717) is 10.9 Å². The van der Waals surface area contributed by atoms with Crippen LogP contribution in [0, 0.1) is 0 Å². The van der Waals surface area contributed by atoms with E-state index in [0.717, 1.165) is 27.8 Å². The number of likely N-dealkylation sites (N-methyl/N-ethyl adjacent to an activating group) is 1. The topological polar surface area (TPSA) is 51.7 Å². The van der Waals surface area contributed by atoms with Gasteiger partial charge in [-0.2, -0.15) is 0 Å². The van der Waals surface area contributed by atoms with Crippen LogP contribution in [0.25, 0.3) is 22.0 Å². The van der Waals surface area contributed by atoms with Gasteiger partial charge in [0.15, 0.2) is 11.7 Å². The molecule has 1 amide bonds. The average Bonchev–Trinajstić information content (AvgIpc) is 3.27. The zero-order valence-electron chi connectivity index (χ0n) is 16.2. The Bertz CT molecular complexity index is 1130. The SMILES string of the molecule is COc1ccc(-c2csc(N(C)C(=O)COc3cccc4ccccc34)n2)cc1. The second-order valence-electron chi connectivity index (χ2n) is 6.46. The van der Waals surface area contributed by atoms with E-state index in [-0.39, 0.29) is 12.5 Å². The van der Waals surface area contributed by atoms with Gasteiger partial charge in [0.2, 0.25) is 0 Å². The zero-order chi connectivity index (χ0) is 20.2. The van der Waals surface area contributed by atoms with Gasteiger partial charge in [-0.05, 0) is 35.7 Å². The van der Waals surface area contributed by atoms with Crippen LogP contribution in [0.3, 0.4) is 0 Å². The molecular weight excluding hydrogens is 384 g/mol. The highest BCUT2D eigenvalue weighted by Gasteiger charge is 2.16. The quantitative estimate of drug-likeness (QED) is 0.453. The number of ether oxygens (including phenoxy) is 2. The fourth-order valence-corrected chi connectivity index (χ4v) is 3.79. The van der Waals surface area contributed by atoms with Crippen LogP contribution < -0.4 is 14.4 Å². The second kappa shape index (κ2) is 8.32. The molecular formula is C23H20N2O3S. The highest BCUT2D eigenvalue weighted by atomic mass is 32.1. The molecule has 0 aliphatic carbocycles. The highest BCUT2D eigenvalue weighted by Crippen LogP contribution is 2.29. The summed E-state index contributed by atoms with van der Waals surface area (Å²) in [5.41, 5.74) is 1.79. The number of rotatable bonds is 6. The number of aromatic nitrogens is 1. The van der Waals surface area contributed by atoms with Crippen LogP contribution >= 0.6 is 11.3 Å². The Balaban J connectivity index is 1.44. The third kappa shape index (κ3) is 4.07. The summed E-state index contributed by atoms with van der Waals surface area (Å²) in [6.45, 7) is -0.0536. The molecule has 4 aromatic rings. The zero-order valence-corrected chi connectivity index (χ0v) is 17.0. The largest absolute Gasteiger partial charge is 0.497 e. The number of carbonyl (C=O) groups excluding carboxylic acids is 1.